The molecule has 0 spiro atoms. The third-order valence-corrected chi connectivity index (χ3v) is 13.5. The molecule has 2 aromatic carbocycles. The Balaban J connectivity index is 1.01. The number of benzene rings is 2. The standard InChI is InChI=1S/C37H49FN6O4S/c1-41-25-33(21-39-41)49(46,47)32-12-10-31(11-13-32)44-23-27(24-44)22-42-18-14-28(15-19-42)37(26-43-16-5-17-43,29-6-3-7-30(38)20-29)34-8-4-9-35(34)40-36(45)48-2/h3,6-7,10-13,20-21,25,27-28,34-35H,4-5,8-9,14-19,22-24,26H2,1-2H3,(H,40,45)/t34-,35-,37?/m0/s1. The van der Waals surface area contributed by atoms with Crippen LogP contribution >= 0.6 is 0 Å². The average Bonchev–Trinajstić information content (AvgIpc) is 3.72. The van der Waals surface area contributed by atoms with Gasteiger partial charge in [-0.15, -0.1) is 0 Å². The molecule has 3 aromatic rings. The van der Waals surface area contributed by atoms with Gasteiger partial charge in [0, 0.05) is 62.5 Å². The van der Waals surface area contributed by atoms with E-state index < -0.39 is 9.84 Å². The lowest BCUT2D eigenvalue weighted by Crippen LogP contribution is -2.60. The van der Waals surface area contributed by atoms with Gasteiger partial charge in [0.2, 0.25) is 9.84 Å². The zero-order chi connectivity index (χ0) is 34.2. The van der Waals surface area contributed by atoms with Crippen LogP contribution in [-0.2, 0) is 27.0 Å². The van der Waals surface area contributed by atoms with Crippen LogP contribution in [0.4, 0.5) is 14.9 Å². The molecule has 3 aliphatic heterocycles. The van der Waals surface area contributed by atoms with Gasteiger partial charge in [0.1, 0.15) is 10.7 Å². The van der Waals surface area contributed by atoms with Gasteiger partial charge in [-0.25, -0.2) is 17.6 Å². The monoisotopic (exact) mass is 692 g/mol. The van der Waals surface area contributed by atoms with Crippen LogP contribution in [0.5, 0.6) is 0 Å². The van der Waals surface area contributed by atoms with E-state index in [1.165, 1.54) is 30.6 Å². The van der Waals surface area contributed by atoms with Crippen LogP contribution in [0, 0.1) is 23.6 Å². The normalized spacial score (nSPS) is 23.9. The quantitative estimate of drug-likeness (QED) is 0.309. The van der Waals surface area contributed by atoms with Crippen molar-refractivity contribution in [1.29, 1.82) is 0 Å². The first-order valence-corrected chi connectivity index (χ1v) is 19.3. The second-order valence-corrected chi connectivity index (χ2v) is 16.6. The molecular formula is C37H49FN6O4S. The number of methoxy groups -OCH3 is 1. The van der Waals surface area contributed by atoms with Crippen LogP contribution in [0.2, 0.25) is 0 Å². The zero-order valence-corrected chi connectivity index (χ0v) is 29.5. The van der Waals surface area contributed by atoms with Crippen molar-refractivity contribution in [3.63, 3.8) is 0 Å². The summed E-state index contributed by atoms with van der Waals surface area (Å²) in [5, 5.41) is 7.19. The van der Waals surface area contributed by atoms with E-state index in [4.69, 9.17) is 4.74 Å². The molecule has 49 heavy (non-hydrogen) atoms. The maximum atomic E-state index is 14.9. The number of ether oxygens (including phenoxy) is 1. The highest BCUT2D eigenvalue weighted by Crippen LogP contribution is 2.51. The summed E-state index contributed by atoms with van der Waals surface area (Å²) in [5.41, 5.74) is 1.86. The topological polar surface area (TPSA) is 100 Å². The second kappa shape index (κ2) is 14.0. The molecule has 1 amide bonds. The number of nitrogens with one attached hydrogen (secondary N) is 1. The predicted octanol–water partition coefficient (Wildman–Crippen LogP) is 4.71. The molecule has 1 unspecified atom stereocenters. The lowest BCUT2D eigenvalue weighted by atomic mass is 9.57. The van der Waals surface area contributed by atoms with Gasteiger partial charge in [-0.1, -0.05) is 18.6 Å². The number of hydrogen-bond donors (Lipinski definition) is 1. The minimum Gasteiger partial charge on any atom is -0.453 e. The third-order valence-electron chi connectivity index (χ3n) is 11.8. The lowest BCUT2D eigenvalue weighted by Gasteiger charge is -2.54. The van der Waals surface area contributed by atoms with E-state index in [1.54, 1.807) is 31.3 Å². The molecule has 1 aromatic heterocycles. The molecule has 0 radical (unpaired) electrons. The first-order chi connectivity index (χ1) is 23.7. The van der Waals surface area contributed by atoms with Crippen LogP contribution in [0.25, 0.3) is 0 Å². The molecule has 1 aliphatic carbocycles. The molecule has 10 nitrogen and oxygen atoms in total. The molecule has 4 fully saturated rings. The minimum absolute atomic E-state index is 0.000466. The number of carbonyl (C=O) groups is 1. The Bertz CT molecular complexity index is 1720. The average molecular weight is 693 g/mol. The van der Waals surface area contributed by atoms with Gasteiger partial charge in [-0.05, 0) is 112 Å². The van der Waals surface area contributed by atoms with Gasteiger partial charge >= 0.3 is 6.09 Å². The minimum atomic E-state index is -3.59. The number of carbonyl (C=O) groups excluding carboxylic acids is 1. The highest BCUT2D eigenvalue weighted by Gasteiger charge is 2.53. The zero-order valence-electron chi connectivity index (χ0n) is 28.6. The molecule has 264 valence electrons. The van der Waals surface area contributed by atoms with Crippen LogP contribution < -0.4 is 10.2 Å². The number of amides is 1. The highest BCUT2D eigenvalue weighted by atomic mass is 32.2. The van der Waals surface area contributed by atoms with E-state index in [1.807, 2.05) is 18.2 Å². The van der Waals surface area contributed by atoms with Crippen molar-refractivity contribution in [1.82, 2.24) is 24.9 Å². The molecule has 1 saturated carbocycles. The number of halogens is 1. The fourth-order valence-electron chi connectivity index (χ4n) is 9.14. The summed E-state index contributed by atoms with van der Waals surface area (Å²) in [6.07, 6.45) is 8.75. The number of piperidine rings is 1. The Morgan fingerprint density at radius 2 is 1.73 bits per heavy atom. The van der Waals surface area contributed by atoms with Crippen LogP contribution in [0.3, 0.4) is 0 Å². The Kier molecular flexibility index (Phi) is 9.73. The fourth-order valence-corrected chi connectivity index (χ4v) is 10.4. The van der Waals surface area contributed by atoms with E-state index in [9.17, 15) is 17.6 Å². The van der Waals surface area contributed by atoms with E-state index in [0.29, 0.717) is 11.8 Å². The molecule has 0 bridgehead atoms. The number of hydrogen-bond acceptors (Lipinski definition) is 8. The van der Waals surface area contributed by atoms with Crippen molar-refractivity contribution in [2.45, 2.75) is 59.8 Å². The number of anilines is 1. The van der Waals surface area contributed by atoms with E-state index in [2.05, 4.69) is 31.2 Å². The predicted molar refractivity (Wildman–Crippen MR) is 186 cm³/mol. The number of alkyl carbamates (subject to hydrolysis) is 1. The van der Waals surface area contributed by atoms with Gasteiger partial charge in [0.15, 0.2) is 0 Å². The van der Waals surface area contributed by atoms with Gasteiger partial charge in [0.05, 0.1) is 18.2 Å². The molecule has 3 saturated heterocycles. The van der Waals surface area contributed by atoms with Crippen molar-refractivity contribution in [3.8, 4) is 0 Å². The molecular weight excluding hydrogens is 644 g/mol. The number of nitrogens with zero attached hydrogens (tertiary/aromatic N) is 5. The molecule has 1 N–H and O–H groups in total. The summed E-state index contributed by atoms with van der Waals surface area (Å²) < 4.78 is 47.4. The second-order valence-electron chi connectivity index (χ2n) is 14.7. The number of sulfone groups is 1. The Morgan fingerprint density at radius 3 is 2.37 bits per heavy atom. The Hall–Kier alpha value is -3.48. The number of likely N-dealkylation sites (tertiary alicyclic amines) is 2. The number of aromatic nitrogens is 2. The molecule has 7 rings (SSSR count). The van der Waals surface area contributed by atoms with Crippen molar-refractivity contribution >= 4 is 21.6 Å². The van der Waals surface area contributed by atoms with Crippen molar-refractivity contribution in [2.75, 3.05) is 64.4 Å². The number of aryl methyl sites for hydroxylation is 1. The van der Waals surface area contributed by atoms with Gasteiger partial charge in [0.25, 0.3) is 0 Å². The number of rotatable bonds is 11. The van der Waals surface area contributed by atoms with E-state index in [0.717, 1.165) is 95.7 Å². The van der Waals surface area contributed by atoms with Crippen LogP contribution in [0.1, 0.15) is 44.1 Å². The third kappa shape index (κ3) is 6.83. The van der Waals surface area contributed by atoms with Gasteiger partial charge in [-0.2, -0.15) is 5.10 Å². The summed E-state index contributed by atoms with van der Waals surface area (Å²) in [5.74, 6) is 0.928. The maximum absolute atomic E-state index is 14.9. The molecule has 3 atom stereocenters. The summed E-state index contributed by atoms with van der Waals surface area (Å²) in [7, 11) is -0.463. The molecule has 4 heterocycles. The first-order valence-electron chi connectivity index (χ1n) is 17.8. The maximum Gasteiger partial charge on any atom is 0.407 e. The lowest BCUT2D eigenvalue weighted by molar-refractivity contribution is 0.0223. The van der Waals surface area contributed by atoms with Crippen LogP contribution in [-0.4, -0.2) is 99.6 Å². The highest BCUT2D eigenvalue weighted by molar-refractivity contribution is 7.91. The molecule has 4 aliphatic rings. The Morgan fingerprint density at radius 1 is 0.980 bits per heavy atom. The first kappa shape index (κ1) is 34.0. The summed E-state index contributed by atoms with van der Waals surface area (Å²) >= 11 is 0. The summed E-state index contributed by atoms with van der Waals surface area (Å²) in [6, 6.07) is 14.5. The van der Waals surface area contributed by atoms with E-state index >= 15 is 0 Å². The Labute approximate surface area is 289 Å². The summed E-state index contributed by atoms with van der Waals surface area (Å²) in [4.78, 5) is 20.4. The van der Waals surface area contributed by atoms with Crippen molar-refractivity contribution in [3.05, 3.63) is 72.3 Å². The fraction of sp³-hybridized carbons (Fsp3) is 0.568. The summed E-state index contributed by atoms with van der Waals surface area (Å²) in [6.45, 7) is 7.95. The van der Waals surface area contributed by atoms with E-state index in [-0.39, 0.29) is 39.1 Å². The smallest absolute Gasteiger partial charge is 0.407 e. The largest absolute Gasteiger partial charge is 0.453 e. The van der Waals surface area contributed by atoms with Crippen LogP contribution in [0.15, 0.2) is 70.7 Å². The SMILES string of the molecule is COC(=O)N[C@H]1CCC[C@@H]1C(CN1CCC1)(c1cccc(F)c1)C1CCN(CC2CN(c3ccc(S(=O)(=O)c4cnn(C)c4)cc3)C2)CC1. The molecule has 12 heteroatoms. The van der Waals surface area contributed by atoms with Crippen molar-refractivity contribution < 1.29 is 22.3 Å². The van der Waals surface area contributed by atoms with Gasteiger partial charge < -0.3 is 24.8 Å². The van der Waals surface area contributed by atoms with Gasteiger partial charge in [-0.3, -0.25) is 4.68 Å². The van der Waals surface area contributed by atoms with Crippen molar-refractivity contribution in [2.24, 2.45) is 24.8 Å².